The van der Waals surface area contributed by atoms with Crippen LogP contribution in [-0.2, 0) is 0 Å². The molecule has 6 heteroatoms. The van der Waals surface area contributed by atoms with Gasteiger partial charge in [0.25, 0.3) is 0 Å². The fraction of sp³-hybridized carbons (Fsp3) is 0.0714. The molecule has 2 heterocycles. The van der Waals surface area contributed by atoms with Gasteiger partial charge < -0.3 is 10.6 Å². The second-order valence-electron chi connectivity index (χ2n) is 8.07. The van der Waals surface area contributed by atoms with E-state index in [0.717, 1.165) is 39.0 Å². The van der Waals surface area contributed by atoms with Gasteiger partial charge in [-0.2, -0.15) is 10.2 Å². The normalized spacial score (nSPS) is 10.6. The number of nitrogens with one attached hydrogen (secondary N) is 2. The van der Waals surface area contributed by atoms with Gasteiger partial charge >= 0.3 is 0 Å². The van der Waals surface area contributed by atoms with Gasteiger partial charge in [0.1, 0.15) is 5.82 Å². The largest absolute Gasteiger partial charge is 0.340 e. The van der Waals surface area contributed by atoms with Crippen molar-refractivity contribution in [1.29, 1.82) is 5.26 Å². The van der Waals surface area contributed by atoms with E-state index in [9.17, 15) is 0 Å². The number of nitriles is 1. The zero-order valence-corrected chi connectivity index (χ0v) is 18.9. The standard InChI is InChI=1S/C28H22N6/c1-18-15-21(23-11-13-30-25-6-4-3-5-24(23)25)16-19(2)27(18)33-26-12-14-31-28(34-26)32-22-9-7-20(17-29)8-10-22/h3-16H,1-2H3,(H2,31,32,33,34). The fourth-order valence-corrected chi connectivity index (χ4v) is 4.04. The summed E-state index contributed by atoms with van der Waals surface area (Å²) in [5.41, 5.74) is 8.00. The molecule has 0 saturated carbocycles. The molecule has 0 aliphatic heterocycles. The molecule has 5 rings (SSSR count). The second-order valence-corrected chi connectivity index (χ2v) is 8.07. The highest BCUT2D eigenvalue weighted by molar-refractivity contribution is 5.95. The van der Waals surface area contributed by atoms with Gasteiger partial charge in [0.05, 0.1) is 17.1 Å². The fourth-order valence-electron chi connectivity index (χ4n) is 4.04. The van der Waals surface area contributed by atoms with Crippen molar-refractivity contribution < 1.29 is 0 Å². The summed E-state index contributed by atoms with van der Waals surface area (Å²) in [5.74, 6) is 1.17. The van der Waals surface area contributed by atoms with Crippen LogP contribution < -0.4 is 10.6 Å². The highest BCUT2D eigenvalue weighted by Crippen LogP contribution is 2.33. The number of fused-ring (bicyclic) bond motifs is 1. The minimum atomic E-state index is 0.477. The smallest absolute Gasteiger partial charge is 0.229 e. The van der Waals surface area contributed by atoms with Crippen LogP contribution in [0.25, 0.3) is 22.0 Å². The first-order valence-corrected chi connectivity index (χ1v) is 10.9. The first kappa shape index (κ1) is 21.1. The highest BCUT2D eigenvalue weighted by atomic mass is 15.1. The second kappa shape index (κ2) is 9.00. The van der Waals surface area contributed by atoms with Crippen molar-refractivity contribution in [2.24, 2.45) is 0 Å². The Kier molecular flexibility index (Phi) is 5.59. The SMILES string of the molecule is Cc1cc(-c2ccnc3ccccc23)cc(C)c1Nc1ccnc(Nc2ccc(C#N)cc2)n1. The minimum absolute atomic E-state index is 0.477. The van der Waals surface area contributed by atoms with Gasteiger partial charge in [-0.15, -0.1) is 0 Å². The summed E-state index contributed by atoms with van der Waals surface area (Å²) < 4.78 is 0. The van der Waals surface area contributed by atoms with Crippen LogP contribution in [0.3, 0.4) is 0 Å². The number of aryl methyl sites for hydroxylation is 2. The Morgan fingerprint density at radius 3 is 2.29 bits per heavy atom. The van der Waals surface area contributed by atoms with Gasteiger partial charge in [0.15, 0.2) is 0 Å². The summed E-state index contributed by atoms with van der Waals surface area (Å²) in [4.78, 5) is 13.4. The molecule has 0 bridgehead atoms. The average molecular weight is 443 g/mol. The van der Waals surface area contributed by atoms with Crippen molar-refractivity contribution in [3.8, 4) is 17.2 Å². The van der Waals surface area contributed by atoms with E-state index < -0.39 is 0 Å². The number of aromatic nitrogens is 3. The van der Waals surface area contributed by atoms with Crippen LogP contribution in [0.2, 0.25) is 0 Å². The number of hydrogen-bond acceptors (Lipinski definition) is 6. The number of anilines is 4. The lowest BCUT2D eigenvalue weighted by molar-refractivity contribution is 1.16. The Hall–Kier alpha value is -4.76. The molecule has 2 aromatic heterocycles. The number of nitrogens with zero attached hydrogens (tertiary/aromatic N) is 4. The van der Waals surface area contributed by atoms with Crippen LogP contribution in [0, 0.1) is 25.2 Å². The topological polar surface area (TPSA) is 86.5 Å². The quantitative estimate of drug-likeness (QED) is 0.316. The molecular formula is C28H22N6. The van der Waals surface area contributed by atoms with Gasteiger partial charge in [0.2, 0.25) is 5.95 Å². The summed E-state index contributed by atoms with van der Waals surface area (Å²) >= 11 is 0. The van der Waals surface area contributed by atoms with E-state index in [4.69, 9.17) is 5.26 Å². The van der Waals surface area contributed by atoms with E-state index in [1.54, 1.807) is 18.3 Å². The summed E-state index contributed by atoms with van der Waals surface area (Å²) in [5, 5.41) is 16.7. The molecule has 0 fully saturated rings. The lowest BCUT2D eigenvalue weighted by Crippen LogP contribution is -2.02. The van der Waals surface area contributed by atoms with Gasteiger partial charge in [-0.05, 0) is 90.7 Å². The maximum absolute atomic E-state index is 8.96. The molecule has 0 spiro atoms. The molecule has 0 radical (unpaired) electrons. The number of benzene rings is 3. The first-order chi connectivity index (χ1) is 16.6. The molecule has 0 aliphatic rings. The van der Waals surface area contributed by atoms with Crippen molar-refractivity contribution in [2.45, 2.75) is 13.8 Å². The lowest BCUT2D eigenvalue weighted by Gasteiger charge is -2.16. The molecule has 6 nitrogen and oxygen atoms in total. The van der Waals surface area contributed by atoms with Gasteiger partial charge in [-0.25, -0.2) is 4.98 Å². The molecule has 0 saturated heterocycles. The zero-order valence-electron chi connectivity index (χ0n) is 18.9. The molecular weight excluding hydrogens is 420 g/mol. The van der Waals surface area contributed by atoms with Crippen LogP contribution in [0.15, 0.2) is 85.2 Å². The summed E-state index contributed by atoms with van der Waals surface area (Å²) in [6.07, 6.45) is 3.57. The number of para-hydroxylation sites is 1. The summed E-state index contributed by atoms with van der Waals surface area (Å²) in [7, 11) is 0. The van der Waals surface area contributed by atoms with Gasteiger partial charge in [-0.3, -0.25) is 4.98 Å². The lowest BCUT2D eigenvalue weighted by atomic mass is 9.96. The Morgan fingerprint density at radius 2 is 1.53 bits per heavy atom. The van der Waals surface area contributed by atoms with Crippen LogP contribution in [0.5, 0.6) is 0 Å². The predicted molar refractivity (Wildman–Crippen MR) is 136 cm³/mol. The number of pyridine rings is 1. The minimum Gasteiger partial charge on any atom is -0.340 e. The van der Waals surface area contributed by atoms with Crippen molar-refractivity contribution in [3.63, 3.8) is 0 Å². The first-order valence-electron chi connectivity index (χ1n) is 10.9. The number of hydrogen-bond donors (Lipinski definition) is 2. The van der Waals surface area contributed by atoms with Gasteiger partial charge in [-0.1, -0.05) is 18.2 Å². The van der Waals surface area contributed by atoms with Crippen molar-refractivity contribution >= 4 is 34.0 Å². The molecule has 3 aromatic carbocycles. The molecule has 2 N–H and O–H groups in total. The molecule has 164 valence electrons. The third-order valence-electron chi connectivity index (χ3n) is 5.67. The van der Waals surface area contributed by atoms with Crippen LogP contribution in [-0.4, -0.2) is 15.0 Å². The Morgan fingerprint density at radius 1 is 0.794 bits per heavy atom. The Balaban J connectivity index is 1.42. The predicted octanol–water partition coefficient (Wildman–Crippen LogP) is 6.67. The Labute approximate surface area is 198 Å². The van der Waals surface area contributed by atoms with Crippen molar-refractivity contribution in [1.82, 2.24) is 15.0 Å². The van der Waals surface area contributed by atoms with E-state index in [-0.39, 0.29) is 0 Å². The molecule has 34 heavy (non-hydrogen) atoms. The average Bonchev–Trinajstić information content (AvgIpc) is 2.86. The third-order valence-corrected chi connectivity index (χ3v) is 5.67. The van der Waals surface area contributed by atoms with E-state index in [1.165, 1.54) is 5.56 Å². The van der Waals surface area contributed by atoms with E-state index in [1.807, 2.05) is 42.6 Å². The van der Waals surface area contributed by atoms with E-state index >= 15 is 0 Å². The monoisotopic (exact) mass is 442 g/mol. The van der Waals surface area contributed by atoms with Crippen molar-refractivity contribution in [3.05, 3.63) is 102 Å². The molecule has 5 aromatic rings. The van der Waals surface area contributed by atoms with Gasteiger partial charge in [0, 0.05) is 29.2 Å². The number of rotatable bonds is 5. The summed E-state index contributed by atoms with van der Waals surface area (Å²) in [6, 6.07) is 25.8. The van der Waals surface area contributed by atoms with E-state index in [2.05, 4.69) is 69.8 Å². The maximum atomic E-state index is 8.96. The molecule has 0 aliphatic carbocycles. The third kappa shape index (κ3) is 4.27. The molecule has 0 unspecified atom stereocenters. The van der Waals surface area contributed by atoms with Crippen molar-refractivity contribution in [2.75, 3.05) is 10.6 Å². The zero-order chi connectivity index (χ0) is 23.5. The molecule has 0 atom stereocenters. The van der Waals surface area contributed by atoms with E-state index in [0.29, 0.717) is 17.3 Å². The van der Waals surface area contributed by atoms with Crippen LogP contribution in [0.4, 0.5) is 23.1 Å². The van der Waals surface area contributed by atoms with Crippen LogP contribution in [0.1, 0.15) is 16.7 Å². The highest BCUT2D eigenvalue weighted by Gasteiger charge is 2.11. The van der Waals surface area contributed by atoms with Crippen LogP contribution >= 0.6 is 0 Å². The maximum Gasteiger partial charge on any atom is 0.229 e. The Bertz CT molecular complexity index is 1510. The summed E-state index contributed by atoms with van der Waals surface area (Å²) in [6.45, 7) is 4.19. The molecule has 0 amide bonds.